The van der Waals surface area contributed by atoms with Crippen molar-refractivity contribution in [2.45, 2.75) is 18.4 Å². The number of nitrogens with zero attached hydrogens (tertiary/aromatic N) is 2. The zero-order valence-electron chi connectivity index (χ0n) is 20.8. The Morgan fingerprint density at radius 1 is 0.892 bits per heavy atom. The summed E-state index contributed by atoms with van der Waals surface area (Å²) in [5.41, 5.74) is 3.84. The summed E-state index contributed by atoms with van der Waals surface area (Å²) in [5, 5.41) is 5.19. The van der Waals surface area contributed by atoms with Crippen LogP contribution >= 0.6 is 0 Å². The van der Waals surface area contributed by atoms with Crippen molar-refractivity contribution >= 4 is 49.1 Å². The van der Waals surface area contributed by atoms with Gasteiger partial charge in [-0.2, -0.15) is 0 Å². The molecule has 0 saturated carbocycles. The summed E-state index contributed by atoms with van der Waals surface area (Å²) < 4.78 is 34.6. The lowest BCUT2D eigenvalue weighted by atomic mass is 10.1. The lowest BCUT2D eigenvalue weighted by Gasteiger charge is -2.20. The van der Waals surface area contributed by atoms with E-state index >= 15 is 0 Å². The maximum Gasteiger partial charge on any atom is 0.264 e. The van der Waals surface area contributed by atoms with Gasteiger partial charge >= 0.3 is 0 Å². The number of aryl methyl sites for hydroxylation is 1. The highest BCUT2D eigenvalue weighted by Gasteiger charge is 2.21. The monoisotopic (exact) mass is 513 g/mol. The minimum Gasteiger partial charge on any atom is -0.497 e. The zero-order chi connectivity index (χ0) is 26.2. The number of aromatic nitrogens is 1. The van der Waals surface area contributed by atoms with Gasteiger partial charge in [-0.05, 0) is 79.7 Å². The van der Waals surface area contributed by atoms with E-state index in [1.165, 1.54) is 30.6 Å². The number of benzene rings is 4. The fourth-order valence-corrected chi connectivity index (χ4v) is 5.74. The number of ether oxygens (including phenoxy) is 1. The largest absolute Gasteiger partial charge is 0.497 e. The van der Waals surface area contributed by atoms with Crippen molar-refractivity contribution in [1.29, 1.82) is 0 Å². The first-order chi connectivity index (χ1) is 17.8. The van der Waals surface area contributed by atoms with E-state index in [0.29, 0.717) is 22.7 Å². The van der Waals surface area contributed by atoms with Gasteiger partial charge in [0.05, 0.1) is 17.7 Å². The number of amides is 1. The Bertz CT molecular complexity index is 1710. The molecule has 188 valence electrons. The molecule has 7 nitrogen and oxygen atoms in total. The Morgan fingerprint density at radius 3 is 2.24 bits per heavy atom. The summed E-state index contributed by atoms with van der Waals surface area (Å²) in [6, 6.07) is 26.8. The van der Waals surface area contributed by atoms with Crippen LogP contribution < -0.4 is 14.4 Å². The highest BCUT2D eigenvalue weighted by atomic mass is 32.2. The van der Waals surface area contributed by atoms with Crippen LogP contribution in [0.15, 0.2) is 95.9 Å². The van der Waals surface area contributed by atoms with Crippen LogP contribution in [0.25, 0.3) is 21.8 Å². The summed E-state index contributed by atoms with van der Waals surface area (Å²) in [6.45, 7) is 2.97. The smallest absolute Gasteiger partial charge is 0.264 e. The fraction of sp³-hybridized carbons (Fsp3) is 0.138. The second kappa shape index (κ2) is 9.63. The highest BCUT2D eigenvalue weighted by molar-refractivity contribution is 7.92. The van der Waals surface area contributed by atoms with E-state index in [1.54, 1.807) is 36.4 Å². The zero-order valence-corrected chi connectivity index (χ0v) is 21.6. The Morgan fingerprint density at radius 2 is 1.57 bits per heavy atom. The molecule has 1 N–H and O–H groups in total. The quantitative estimate of drug-likeness (QED) is 0.294. The predicted molar refractivity (Wildman–Crippen MR) is 148 cm³/mol. The molecule has 0 aliphatic rings. The van der Waals surface area contributed by atoms with Crippen LogP contribution in [0.2, 0.25) is 0 Å². The van der Waals surface area contributed by atoms with Crippen molar-refractivity contribution in [3.05, 3.63) is 96.6 Å². The lowest BCUT2D eigenvalue weighted by Crippen LogP contribution is -2.26. The van der Waals surface area contributed by atoms with E-state index in [1.807, 2.05) is 30.3 Å². The normalized spacial score (nSPS) is 11.5. The van der Waals surface area contributed by atoms with Gasteiger partial charge in [-0.3, -0.25) is 9.10 Å². The van der Waals surface area contributed by atoms with E-state index in [4.69, 9.17) is 4.74 Å². The van der Waals surface area contributed by atoms with Crippen LogP contribution in [0.4, 0.5) is 11.4 Å². The molecule has 1 heterocycles. The third-order valence-electron chi connectivity index (χ3n) is 6.56. The maximum atomic E-state index is 13.0. The third kappa shape index (κ3) is 4.40. The first-order valence-corrected chi connectivity index (χ1v) is 13.3. The number of hydrogen-bond donors (Lipinski definition) is 1. The molecule has 0 radical (unpaired) electrons. The van der Waals surface area contributed by atoms with Gasteiger partial charge in [0.1, 0.15) is 5.75 Å². The van der Waals surface area contributed by atoms with E-state index in [9.17, 15) is 13.2 Å². The molecule has 0 unspecified atom stereocenters. The number of carbonyl (C=O) groups is 1. The predicted octanol–water partition coefficient (Wildman–Crippen LogP) is 5.90. The van der Waals surface area contributed by atoms with Crippen LogP contribution in [-0.2, 0) is 16.6 Å². The standard InChI is InChI=1S/C29H27N3O4S/c1-4-32-27-8-6-5-7-25(27)26-19-21(11-18-28(26)32)30-29(33)20-9-12-22(13-10-20)31(2)37(34,35)24-16-14-23(36-3)15-17-24/h5-19H,4H2,1-3H3,(H,30,33). The molecule has 0 aliphatic carbocycles. The molecule has 4 aromatic carbocycles. The van der Waals surface area contributed by atoms with Crippen LogP contribution in [0.1, 0.15) is 17.3 Å². The molecule has 1 amide bonds. The van der Waals surface area contributed by atoms with Gasteiger partial charge in [0.2, 0.25) is 0 Å². The molecule has 5 aromatic rings. The number of para-hydroxylation sites is 1. The molecule has 0 fully saturated rings. The molecule has 37 heavy (non-hydrogen) atoms. The number of fused-ring (bicyclic) bond motifs is 3. The summed E-state index contributed by atoms with van der Waals surface area (Å²) in [7, 11) is -0.755. The SMILES string of the molecule is CCn1c2ccccc2c2cc(NC(=O)c3ccc(N(C)S(=O)(=O)c4ccc(OC)cc4)cc3)ccc21. The number of rotatable bonds is 7. The molecular weight excluding hydrogens is 486 g/mol. The Balaban J connectivity index is 1.36. The van der Waals surface area contributed by atoms with Crippen LogP contribution in [0.5, 0.6) is 5.75 Å². The minimum absolute atomic E-state index is 0.150. The summed E-state index contributed by atoms with van der Waals surface area (Å²) >= 11 is 0. The van der Waals surface area contributed by atoms with Crippen molar-refractivity contribution in [3.63, 3.8) is 0 Å². The second-order valence-corrected chi connectivity index (χ2v) is 10.6. The average Bonchev–Trinajstić information content (AvgIpc) is 3.25. The van der Waals surface area contributed by atoms with Gasteiger partial charge in [-0.1, -0.05) is 18.2 Å². The van der Waals surface area contributed by atoms with E-state index in [-0.39, 0.29) is 10.8 Å². The molecule has 0 bridgehead atoms. The fourth-order valence-electron chi connectivity index (χ4n) is 4.54. The van der Waals surface area contributed by atoms with Gasteiger partial charge in [-0.25, -0.2) is 8.42 Å². The number of sulfonamides is 1. The van der Waals surface area contributed by atoms with Crippen molar-refractivity contribution in [1.82, 2.24) is 4.57 Å². The van der Waals surface area contributed by atoms with E-state index < -0.39 is 10.0 Å². The lowest BCUT2D eigenvalue weighted by molar-refractivity contribution is 0.102. The molecule has 8 heteroatoms. The van der Waals surface area contributed by atoms with Crippen LogP contribution in [0.3, 0.4) is 0 Å². The van der Waals surface area contributed by atoms with Crippen molar-refractivity contribution in [2.24, 2.45) is 0 Å². The van der Waals surface area contributed by atoms with Gasteiger partial charge in [0, 0.05) is 46.6 Å². The first-order valence-electron chi connectivity index (χ1n) is 11.9. The van der Waals surface area contributed by atoms with Gasteiger partial charge in [-0.15, -0.1) is 0 Å². The maximum absolute atomic E-state index is 13.0. The van der Waals surface area contributed by atoms with Gasteiger partial charge in [0.25, 0.3) is 15.9 Å². The van der Waals surface area contributed by atoms with Crippen LogP contribution in [0, 0.1) is 0 Å². The topological polar surface area (TPSA) is 80.6 Å². The number of carbonyl (C=O) groups excluding carboxylic acids is 1. The van der Waals surface area contributed by atoms with Crippen molar-refractivity contribution in [2.75, 3.05) is 23.8 Å². The van der Waals surface area contributed by atoms with Crippen molar-refractivity contribution < 1.29 is 17.9 Å². The third-order valence-corrected chi connectivity index (χ3v) is 8.36. The molecule has 0 atom stereocenters. The Kier molecular flexibility index (Phi) is 6.35. The highest BCUT2D eigenvalue weighted by Crippen LogP contribution is 2.31. The number of nitrogens with one attached hydrogen (secondary N) is 1. The Labute approximate surface area is 215 Å². The summed E-state index contributed by atoms with van der Waals surface area (Å²) in [4.78, 5) is 13.1. The molecule has 5 rings (SSSR count). The van der Waals surface area contributed by atoms with Gasteiger partial charge < -0.3 is 14.6 Å². The summed E-state index contributed by atoms with van der Waals surface area (Å²) in [6.07, 6.45) is 0. The molecule has 1 aromatic heterocycles. The van der Waals surface area contributed by atoms with E-state index in [2.05, 4.69) is 28.9 Å². The number of hydrogen-bond acceptors (Lipinski definition) is 4. The molecule has 0 saturated heterocycles. The molecular formula is C29H27N3O4S. The van der Waals surface area contributed by atoms with Crippen LogP contribution in [-0.4, -0.2) is 33.0 Å². The first kappa shape index (κ1) is 24.4. The number of anilines is 2. The average molecular weight is 514 g/mol. The summed E-state index contributed by atoms with van der Waals surface area (Å²) in [5.74, 6) is 0.304. The molecule has 0 spiro atoms. The minimum atomic E-state index is -3.76. The Hall–Kier alpha value is -4.30. The second-order valence-electron chi connectivity index (χ2n) is 8.64. The van der Waals surface area contributed by atoms with E-state index in [0.717, 1.165) is 28.4 Å². The van der Waals surface area contributed by atoms with Crippen molar-refractivity contribution in [3.8, 4) is 5.75 Å². The van der Waals surface area contributed by atoms with Gasteiger partial charge in [0.15, 0.2) is 0 Å². The molecule has 0 aliphatic heterocycles. The number of methoxy groups -OCH3 is 1.